The predicted molar refractivity (Wildman–Crippen MR) is 83.5 cm³/mol. The molecule has 0 aliphatic rings. The molecule has 0 saturated carbocycles. The maximum absolute atomic E-state index is 4.46. The van der Waals surface area contributed by atoms with Crippen molar-refractivity contribution in [1.29, 1.82) is 0 Å². The quantitative estimate of drug-likeness (QED) is 0.780. The molecule has 0 atom stereocenters. The Bertz CT molecular complexity index is 361. The van der Waals surface area contributed by atoms with Gasteiger partial charge in [-0.3, -0.25) is 0 Å². The van der Waals surface area contributed by atoms with Crippen LogP contribution in [0.1, 0.15) is 39.7 Å². The number of nitrogens with zero attached hydrogens (tertiary/aromatic N) is 2. The Kier molecular flexibility index (Phi) is 6.85. The number of hydrogen-bond donors (Lipinski definition) is 1. The summed E-state index contributed by atoms with van der Waals surface area (Å²) in [4.78, 5) is 6.70. The van der Waals surface area contributed by atoms with Crippen molar-refractivity contribution in [1.82, 2.24) is 10.3 Å². The van der Waals surface area contributed by atoms with Crippen LogP contribution in [0.4, 0.5) is 5.82 Å². The second kappa shape index (κ2) is 8.16. The fourth-order valence-electron chi connectivity index (χ4n) is 1.85. The molecular formula is C16H29N3. The van der Waals surface area contributed by atoms with Crippen LogP contribution in [0.25, 0.3) is 0 Å². The van der Waals surface area contributed by atoms with Gasteiger partial charge in [0.25, 0.3) is 0 Å². The Morgan fingerprint density at radius 3 is 2.58 bits per heavy atom. The van der Waals surface area contributed by atoms with Crippen molar-refractivity contribution >= 4 is 5.82 Å². The number of aromatic nitrogens is 1. The van der Waals surface area contributed by atoms with Crippen molar-refractivity contribution < 1.29 is 0 Å². The van der Waals surface area contributed by atoms with E-state index in [-0.39, 0.29) is 0 Å². The number of hydrogen-bond acceptors (Lipinski definition) is 3. The Hall–Kier alpha value is -1.09. The van der Waals surface area contributed by atoms with E-state index in [1.165, 1.54) is 12.0 Å². The Morgan fingerprint density at radius 1 is 1.21 bits per heavy atom. The average Bonchev–Trinajstić information content (AvgIpc) is 2.36. The Morgan fingerprint density at radius 2 is 1.95 bits per heavy atom. The minimum atomic E-state index is 0.690. The molecule has 1 heterocycles. The van der Waals surface area contributed by atoms with Crippen LogP contribution in [0, 0.1) is 11.8 Å². The zero-order valence-electron chi connectivity index (χ0n) is 13.1. The van der Waals surface area contributed by atoms with Gasteiger partial charge in [-0.1, -0.05) is 27.7 Å². The van der Waals surface area contributed by atoms with E-state index in [0.29, 0.717) is 5.92 Å². The molecule has 0 aliphatic heterocycles. The van der Waals surface area contributed by atoms with E-state index in [0.717, 1.165) is 31.4 Å². The first-order valence-electron chi connectivity index (χ1n) is 7.35. The summed E-state index contributed by atoms with van der Waals surface area (Å²) in [6, 6.07) is 4.28. The summed E-state index contributed by atoms with van der Waals surface area (Å²) in [5.41, 5.74) is 1.31. The molecular weight excluding hydrogens is 234 g/mol. The smallest absolute Gasteiger partial charge is 0.128 e. The molecule has 0 unspecified atom stereocenters. The normalized spacial score (nSPS) is 11.3. The Balaban J connectivity index is 2.51. The highest BCUT2D eigenvalue weighted by Crippen LogP contribution is 2.13. The zero-order chi connectivity index (χ0) is 14.3. The van der Waals surface area contributed by atoms with Crippen molar-refractivity contribution in [3.63, 3.8) is 0 Å². The first-order valence-corrected chi connectivity index (χ1v) is 7.35. The predicted octanol–water partition coefficient (Wildman–Crippen LogP) is 3.31. The van der Waals surface area contributed by atoms with Crippen molar-refractivity contribution in [3.05, 3.63) is 23.9 Å². The molecule has 0 fully saturated rings. The van der Waals surface area contributed by atoms with Crippen LogP contribution in [0.2, 0.25) is 0 Å². The molecule has 0 bridgehead atoms. The van der Waals surface area contributed by atoms with Crippen LogP contribution in [0.5, 0.6) is 0 Å². The second-order valence-electron chi connectivity index (χ2n) is 6.15. The third kappa shape index (κ3) is 6.58. The molecule has 0 aromatic carbocycles. The summed E-state index contributed by atoms with van der Waals surface area (Å²) in [6.07, 6.45) is 3.11. The lowest BCUT2D eigenvalue weighted by atomic mass is 10.1. The van der Waals surface area contributed by atoms with Crippen LogP contribution >= 0.6 is 0 Å². The van der Waals surface area contributed by atoms with Gasteiger partial charge in [0.05, 0.1) is 0 Å². The summed E-state index contributed by atoms with van der Waals surface area (Å²) < 4.78 is 0. The monoisotopic (exact) mass is 263 g/mol. The Labute approximate surface area is 118 Å². The van der Waals surface area contributed by atoms with Gasteiger partial charge in [0.1, 0.15) is 5.82 Å². The third-order valence-corrected chi connectivity index (χ3v) is 3.12. The third-order valence-electron chi connectivity index (χ3n) is 3.12. The van der Waals surface area contributed by atoms with E-state index in [4.69, 9.17) is 0 Å². The van der Waals surface area contributed by atoms with Crippen LogP contribution in [-0.4, -0.2) is 25.1 Å². The minimum Gasteiger partial charge on any atom is -0.360 e. The van der Waals surface area contributed by atoms with Gasteiger partial charge in [0, 0.05) is 26.3 Å². The molecule has 19 heavy (non-hydrogen) atoms. The highest BCUT2D eigenvalue weighted by molar-refractivity contribution is 5.39. The highest BCUT2D eigenvalue weighted by atomic mass is 15.2. The average molecular weight is 263 g/mol. The van der Waals surface area contributed by atoms with Crippen molar-refractivity contribution in [2.75, 3.05) is 25.0 Å². The largest absolute Gasteiger partial charge is 0.360 e. The highest BCUT2D eigenvalue weighted by Gasteiger charge is 2.05. The maximum Gasteiger partial charge on any atom is 0.128 e. The van der Waals surface area contributed by atoms with E-state index >= 15 is 0 Å². The van der Waals surface area contributed by atoms with Gasteiger partial charge >= 0.3 is 0 Å². The number of nitrogens with one attached hydrogen (secondary N) is 1. The van der Waals surface area contributed by atoms with E-state index in [2.05, 4.69) is 62.1 Å². The van der Waals surface area contributed by atoms with Gasteiger partial charge in [0.15, 0.2) is 0 Å². The second-order valence-corrected chi connectivity index (χ2v) is 6.15. The number of rotatable bonds is 8. The van der Waals surface area contributed by atoms with Crippen LogP contribution in [-0.2, 0) is 6.54 Å². The summed E-state index contributed by atoms with van der Waals surface area (Å²) in [7, 11) is 2.12. The van der Waals surface area contributed by atoms with Gasteiger partial charge in [-0.05, 0) is 42.5 Å². The van der Waals surface area contributed by atoms with Gasteiger partial charge < -0.3 is 10.2 Å². The van der Waals surface area contributed by atoms with Crippen LogP contribution in [0.15, 0.2) is 18.3 Å². The molecule has 0 spiro atoms. The topological polar surface area (TPSA) is 28.2 Å². The summed E-state index contributed by atoms with van der Waals surface area (Å²) >= 11 is 0. The van der Waals surface area contributed by atoms with Crippen molar-refractivity contribution in [3.8, 4) is 0 Å². The maximum atomic E-state index is 4.46. The van der Waals surface area contributed by atoms with E-state index < -0.39 is 0 Å². The van der Waals surface area contributed by atoms with E-state index in [9.17, 15) is 0 Å². The molecule has 1 N–H and O–H groups in total. The minimum absolute atomic E-state index is 0.690. The van der Waals surface area contributed by atoms with Crippen LogP contribution < -0.4 is 10.2 Å². The molecule has 0 saturated heterocycles. The standard InChI is InChI=1S/C16H29N3/c1-13(2)7-9-19(5)16-10-15(6-8-18-16)12-17-11-14(3)4/h6,8,10,13-14,17H,7,9,11-12H2,1-5H3. The number of pyridine rings is 1. The van der Waals surface area contributed by atoms with Crippen LogP contribution in [0.3, 0.4) is 0 Å². The lowest BCUT2D eigenvalue weighted by Crippen LogP contribution is -2.22. The fourth-order valence-corrected chi connectivity index (χ4v) is 1.85. The van der Waals surface area contributed by atoms with Gasteiger partial charge in [-0.2, -0.15) is 0 Å². The molecule has 3 heteroatoms. The molecule has 1 aromatic rings. The molecule has 0 amide bonds. The molecule has 1 rings (SSSR count). The molecule has 108 valence electrons. The zero-order valence-corrected chi connectivity index (χ0v) is 13.1. The first kappa shape index (κ1) is 16.0. The summed E-state index contributed by atoms with van der Waals surface area (Å²) in [6.45, 7) is 12.0. The van der Waals surface area contributed by atoms with Gasteiger partial charge in [-0.15, -0.1) is 0 Å². The fraction of sp³-hybridized carbons (Fsp3) is 0.688. The number of anilines is 1. The molecule has 0 radical (unpaired) electrons. The van der Waals surface area contributed by atoms with E-state index in [1.54, 1.807) is 0 Å². The SMILES string of the molecule is CC(C)CCN(C)c1cc(CNCC(C)C)ccn1. The van der Waals surface area contributed by atoms with Gasteiger partial charge in [-0.25, -0.2) is 4.98 Å². The lowest BCUT2D eigenvalue weighted by Gasteiger charge is -2.20. The van der Waals surface area contributed by atoms with Gasteiger partial charge in [0.2, 0.25) is 0 Å². The molecule has 1 aromatic heterocycles. The molecule has 0 aliphatic carbocycles. The van der Waals surface area contributed by atoms with Crippen molar-refractivity contribution in [2.24, 2.45) is 11.8 Å². The first-order chi connectivity index (χ1) is 8.99. The lowest BCUT2D eigenvalue weighted by molar-refractivity contribution is 0.552. The molecule has 3 nitrogen and oxygen atoms in total. The summed E-state index contributed by atoms with van der Waals surface area (Å²) in [5.74, 6) is 2.50. The summed E-state index contributed by atoms with van der Waals surface area (Å²) in [5, 5.41) is 3.47. The van der Waals surface area contributed by atoms with Crippen molar-refractivity contribution in [2.45, 2.75) is 40.7 Å². The van der Waals surface area contributed by atoms with E-state index in [1.807, 2.05) is 6.20 Å².